The number of benzene rings is 2. The average Bonchev–Trinajstić information content (AvgIpc) is 3.21. The third-order valence-electron chi connectivity index (χ3n) is 7.70. The summed E-state index contributed by atoms with van der Waals surface area (Å²) in [5, 5.41) is 6.21. The van der Waals surface area contributed by atoms with E-state index in [1.807, 2.05) is 61.5 Å². The van der Waals surface area contributed by atoms with E-state index < -0.39 is 0 Å². The number of aromatic nitrogens is 1. The summed E-state index contributed by atoms with van der Waals surface area (Å²) < 4.78 is 10.6. The van der Waals surface area contributed by atoms with Crippen LogP contribution in [0.15, 0.2) is 60.8 Å². The number of amides is 2. The molecule has 3 heterocycles. The Morgan fingerprint density at radius 1 is 0.947 bits per heavy atom. The highest BCUT2D eigenvalue weighted by Gasteiger charge is 2.42. The van der Waals surface area contributed by atoms with Gasteiger partial charge in [0.2, 0.25) is 0 Å². The van der Waals surface area contributed by atoms with Crippen molar-refractivity contribution in [3.8, 4) is 11.5 Å². The van der Waals surface area contributed by atoms with Crippen LogP contribution in [0.25, 0.3) is 0 Å². The maximum Gasteiger partial charge on any atom is 0.253 e. The van der Waals surface area contributed by atoms with E-state index in [2.05, 4.69) is 20.5 Å². The first-order valence-electron chi connectivity index (χ1n) is 13.1. The van der Waals surface area contributed by atoms with E-state index in [1.165, 1.54) is 0 Å². The van der Waals surface area contributed by atoms with Crippen molar-refractivity contribution in [2.24, 2.45) is 0 Å². The fourth-order valence-electron chi connectivity index (χ4n) is 5.71. The molecule has 2 N–H and O–H groups in total. The summed E-state index contributed by atoms with van der Waals surface area (Å²) in [6.45, 7) is 2.35. The Kier molecular flexibility index (Phi) is 7.49. The van der Waals surface area contributed by atoms with Gasteiger partial charge >= 0.3 is 0 Å². The summed E-state index contributed by atoms with van der Waals surface area (Å²) in [5.74, 6) is 2.18. The first-order valence-corrected chi connectivity index (χ1v) is 13.1. The summed E-state index contributed by atoms with van der Waals surface area (Å²) in [6, 6.07) is 17.7. The van der Waals surface area contributed by atoms with Crippen LogP contribution >= 0.6 is 0 Å². The van der Waals surface area contributed by atoms with E-state index in [4.69, 9.17) is 9.47 Å². The number of rotatable bonds is 8. The lowest BCUT2D eigenvalue weighted by Gasteiger charge is -2.40. The molecule has 198 valence electrons. The molecule has 2 aromatic carbocycles. The maximum atomic E-state index is 13.0. The van der Waals surface area contributed by atoms with E-state index in [9.17, 15) is 9.59 Å². The van der Waals surface area contributed by atoms with Crippen LogP contribution in [0.2, 0.25) is 0 Å². The van der Waals surface area contributed by atoms with Gasteiger partial charge in [-0.15, -0.1) is 0 Å². The minimum atomic E-state index is -0.155. The van der Waals surface area contributed by atoms with Gasteiger partial charge in [0.1, 0.15) is 17.3 Å². The molecule has 0 radical (unpaired) electrons. The predicted molar refractivity (Wildman–Crippen MR) is 146 cm³/mol. The standard InChI is InChI=1S/C30H34N4O4/c1-19-26(5-4-6-27(19)38-3)30(36)33-22-15-23-10-11-24(16-22)34(23)28-14-9-21(18-31-28)29(35)32-17-20-7-12-25(37-2)13-8-20/h4-9,12-14,18,22-24H,10-11,15-17H2,1-3H3,(H,32,35)(H,33,36)/t22-,23+,24-. The van der Waals surface area contributed by atoms with E-state index in [1.54, 1.807) is 20.4 Å². The highest BCUT2D eigenvalue weighted by Crippen LogP contribution is 2.38. The minimum Gasteiger partial charge on any atom is -0.497 e. The first kappa shape index (κ1) is 25.6. The van der Waals surface area contributed by atoms with Gasteiger partial charge in [-0.25, -0.2) is 4.98 Å². The van der Waals surface area contributed by atoms with Crippen molar-refractivity contribution in [3.63, 3.8) is 0 Å². The molecule has 3 atom stereocenters. The van der Waals surface area contributed by atoms with Crippen LogP contribution in [-0.4, -0.2) is 49.1 Å². The number of methoxy groups -OCH3 is 2. The Morgan fingerprint density at radius 2 is 1.68 bits per heavy atom. The van der Waals surface area contributed by atoms with E-state index in [-0.39, 0.29) is 17.9 Å². The molecule has 0 spiro atoms. The van der Waals surface area contributed by atoms with Gasteiger partial charge in [0.15, 0.2) is 0 Å². The Labute approximate surface area is 223 Å². The Balaban J connectivity index is 1.18. The molecule has 2 aliphatic heterocycles. The second-order valence-corrected chi connectivity index (χ2v) is 10.0. The van der Waals surface area contributed by atoms with Crippen LogP contribution in [0.3, 0.4) is 0 Å². The Bertz CT molecular complexity index is 1280. The zero-order valence-electron chi connectivity index (χ0n) is 22.1. The SMILES string of the molecule is COc1ccc(CNC(=O)c2ccc(N3[C@@H]4CC[C@H]3C[C@@H](NC(=O)c3cccc(OC)c3C)C4)nc2)cc1. The molecule has 5 rings (SSSR count). The molecule has 0 aliphatic carbocycles. The van der Waals surface area contributed by atoms with Crippen molar-refractivity contribution in [2.45, 2.75) is 57.3 Å². The summed E-state index contributed by atoms with van der Waals surface area (Å²) in [6.07, 6.45) is 5.54. The summed E-state index contributed by atoms with van der Waals surface area (Å²) in [7, 11) is 3.25. The molecular weight excluding hydrogens is 480 g/mol. The van der Waals surface area contributed by atoms with E-state index in [0.717, 1.165) is 54.1 Å². The molecule has 3 aromatic rings. The molecule has 0 unspecified atom stereocenters. The zero-order chi connectivity index (χ0) is 26.6. The molecule has 1 aromatic heterocycles. The van der Waals surface area contributed by atoms with Crippen LogP contribution < -0.4 is 25.0 Å². The van der Waals surface area contributed by atoms with Crippen molar-refractivity contribution in [3.05, 3.63) is 83.0 Å². The van der Waals surface area contributed by atoms with Crippen molar-refractivity contribution >= 4 is 17.6 Å². The van der Waals surface area contributed by atoms with Crippen LogP contribution in [0, 0.1) is 6.92 Å². The molecule has 2 bridgehead atoms. The highest BCUT2D eigenvalue weighted by molar-refractivity contribution is 5.96. The number of ether oxygens (including phenoxy) is 2. The normalized spacial score (nSPS) is 20.1. The van der Waals surface area contributed by atoms with Crippen LogP contribution in [0.4, 0.5) is 5.82 Å². The van der Waals surface area contributed by atoms with Crippen molar-refractivity contribution in [1.82, 2.24) is 15.6 Å². The van der Waals surface area contributed by atoms with Crippen molar-refractivity contribution < 1.29 is 19.1 Å². The van der Waals surface area contributed by atoms with Gasteiger partial charge in [-0.05, 0) is 74.6 Å². The van der Waals surface area contributed by atoms with Crippen LogP contribution in [0.5, 0.6) is 11.5 Å². The third kappa shape index (κ3) is 5.30. The van der Waals surface area contributed by atoms with Gasteiger partial charge in [-0.2, -0.15) is 0 Å². The van der Waals surface area contributed by atoms with Gasteiger partial charge < -0.3 is 25.0 Å². The number of fused-ring (bicyclic) bond motifs is 2. The molecule has 2 fully saturated rings. The zero-order valence-corrected chi connectivity index (χ0v) is 22.1. The summed E-state index contributed by atoms with van der Waals surface area (Å²) in [5.41, 5.74) is 3.04. The molecule has 0 saturated carbocycles. The second kappa shape index (κ2) is 11.1. The highest BCUT2D eigenvalue weighted by atomic mass is 16.5. The van der Waals surface area contributed by atoms with Gasteiger partial charge in [0.25, 0.3) is 11.8 Å². The predicted octanol–water partition coefficient (Wildman–Crippen LogP) is 4.27. The topological polar surface area (TPSA) is 92.8 Å². The number of hydrogen-bond donors (Lipinski definition) is 2. The smallest absolute Gasteiger partial charge is 0.253 e. The fourth-order valence-corrected chi connectivity index (χ4v) is 5.71. The van der Waals surface area contributed by atoms with Crippen molar-refractivity contribution in [1.29, 1.82) is 0 Å². The lowest BCUT2D eigenvalue weighted by atomic mass is 9.96. The summed E-state index contributed by atoms with van der Waals surface area (Å²) in [4.78, 5) is 32.7. The van der Waals surface area contributed by atoms with Gasteiger partial charge in [0, 0.05) is 42.0 Å². The number of anilines is 1. The summed E-state index contributed by atoms with van der Waals surface area (Å²) >= 11 is 0. The van der Waals surface area contributed by atoms with Crippen LogP contribution in [-0.2, 0) is 6.54 Å². The largest absolute Gasteiger partial charge is 0.497 e. The lowest BCUT2D eigenvalue weighted by Crippen LogP contribution is -2.50. The van der Waals surface area contributed by atoms with E-state index in [0.29, 0.717) is 29.8 Å². The minimum absolute atomic E-state index is 0.0534. The van der Waals surface area contributed by atoms with E-state index >= 15 is 0 Å². The Morgan fingerprint density at radius 3 is 2.32 bits per heavy atom. The fraction of sp³-hybridized carbons (Fsp3) is 0.367. The molecule has 8 heteroatoms. The van der Waals surface area contributed by atoms with Gasteiger partial charge in [-0.1, -0.05) is 18.2 Å². The Hall–Kier alpha value is -4.07. The van der Waals surface area contributed by atoms with Gasteiger partial charge in [0.05, 0.1) is 19.8 Å². The van der Waals surface area contributed by atoms with Gasteiger partial charge in [-0.3, -0.25) is 9.59 Å². The third-order valence-corrected chi connectivity index (χ3v) is 7.70. The average molecular weight is 515 g/mol. The monoisotopic (exact) mass is 514 g/mol. The van der Waals surface area contributed by atoms with Crippen molar-refractivity contribution in [2.75, 3.05) is 19.1 Å². The first-order chi connectivity index (χ1) is 18.5. The number of nitrogens with zero attached hydrogens (tertiary/aromatic N) is 2. The number of hydrogen-bond acceptors (Lipinski definition) is 6. The molecule has 2 saturated heterocycles. The molecule has 2 aliphatic rings. The number of carbonyl (C=O) groups excluding carboxylic acids is 2. The van der Waals surface area contributed by atoms with Crippen LogP contribution in [0.1, 0.15) is 57.5 Å². The number of nitrogens with one attached hydrogen (secondary N) is 2. The number of carbonyl (C=O) groups is 2. The molecular formula is C30H34N4O4. The molecule has 2 amide bonds. The molecule has 8 nitrogen and oxygen atoms in total. The lowest BCUT2D eigenvalue weighted by molar-refractivity contribution is 0.0923. The molecule has 38 heavy (non-hydrogen) atoms. The quantitative estimate of drug-likeness (QED) is 0.467. The second-order valence-electron chi connectivity index (χ2n) is 10.0. The number of piperidine rings is 1. The maximum absolute atomic E-state index is 13.0. The number of pyridine rings is 1.